The Bertz CT molecular complexity index is 863. The number of hydrogen-bond acceptors (Lipinski definition) is 4. The summed E-state index contributed by atoms with van der Waals surface area (Å²) in [6, 6.07) is 3.83. The molecule has 3 N–H and O–H groups in total. The van der Waals surface area contributed by atoms with Crippen molar-refractivity contribution in [3.8, 4) is 0 Å². The van der Waals surface area contributed by atoms with Gasteiger partial charge in [-0.2, -0.15) is 0 Å². The molecule has 1 heterocycles. The first-order valence-electron chi connectivity index (χ1n) is 5.65. The maximum atomic E-state index is 13.6. The number of aromatic nitrogens is 1. The van der Waals surface area contributed by atoms with Crippen molar-refractivity contribution in [2.75, 3.05) is 10.5 Å². The molecule has 0 fully saturated rings. The molecule has 0 saturated heterocycles. The van der Waals surface area contributed by atoms with Gasteiger partial charge in [-0.15, -0.1) is 0 Å². The number of sulfonamides is 1. The smallest absolute Gasteiger partial charge is 0.265 e. The van der Waals surface area contributed by atoms with Crippen LogP contribution in [0.4, 0.5) is 20.2 Å². The maximum Gasteiger partial charge on any atom is 0.265 e. The molecule has 6 nitrogen and oxygen atoms in total. The highest BCUT2D eigenvalue weighted by molar-refractivity contribution is 7.92. The molecule has 0 unspecified atom stereocenters. The fourth-order valence-electron chi connectivity index (χ4n) is 1.64. The molecule has 0 aliphatic carbocycles. The molecular weight excluding hydrogens is 304 g/mol. The van der Waals surface area contributed by atoms with Gasteiger partial charge >= 0.3 is 0 Å². The lowest BCUT2D eigenvalue weighted by Crippen LogP contribution is -2.19. The van der Waals surface area contributed by atoms with Crippen LogP contribution in [-0.4, -0.2) is 13.0 Å². The number of nitrogen functional groups attached to an aromatic ring is 1. The van der Waals surface area contributed by atoms with E-state index in [-0.39, 0.29) is 16.9 Å². The molecule has 0 aliphatic rings. The highest BCUT2D eigenvalue weighted by Gasteiger charge is 2.23. The standard InChI is InChI=1S/C12H11F2N3O3S/c1-17-6-8(2-3-11(17)18)16-21(19,20)10-5-7(15)4-9(13)12(10)14/h2-6,16H,15H2,1H3. The predicted molar refractivity (Wildman–Crippen MR) is 73.3 cm³/mol. The SMILES string of the molecule is Cn1cc(NS(=O)(=O)c2cc(N)cc(F)c2F)ccc1=O. The second kappa shape index (κ2) is 5.17. The van der Waals surface area contributed by atoms with E-state index < -0.39 is 26.6 Å². The Morgan fingerprint density at radius 1 is 1.24 bits per heavy atom. The molecule has 0 spiro atoms. The van der Waals surface area contributed by atoms with Crippen molar-refractivity contribution in [3.05, 3.63) is 52.5 Å². The summed E-state index contributed by atoms with van der Waals surface area (Å²) in [4.78, 5) is 10.3. The van der Waals surface area contributed by atoms with Crippen LogP contribution >= 0.6 is 0 Å². The van der Waals surface area contributed by atoms with E-state index in [0.29, 0.717) is 6.07 Å². The number of nitrogens with two attached hydrogens (primary N) is 1. The van der Waals surface area contributed by atoms with Crippen molar-refractivity contribution < 1.29 is 17.2 Å². The second-order valence-corrected chi connectivity index (χ2v) is 5.94. The first kappa shape index (κ1) is 15.0. The lowest BCUT2D eigenvalue weighted by Gasteiger charge is -2.10. The van der Waals surface area contributed by atoms with E-state index in [1.165, 1.54) is 19.3 Å². The molecular formula is C12H11F2N3O3S. The zero-order chi connectivity index (χ0) is 15.8. The summed E-state index contributed by atoms with van der Waals surface area (Å²) in [6.45, 7) is 0. The van der Waals surface area contributed by atoms with Crippen LogP contribution < -0.4 is 16.0 Å². The fourth-order valence-corrected chi connectivity index (χ4v) is 2.81. The first-order valence-corrected chi connectivity index (χ1v) is 7.13. The molecule has 2 rings (SSSR count). The number of aryl methyl sites for hydroxylation is 1. The summed E-state index contributed by atoms with van der Waals surface area (Å²) in [5, 5.41) is 0. The molecule has 0 aliphatic heterocycles. The third-order valence-electron chi connectivity index (χ3n) is 2.64. The Hall–Kier alpha value is -2.42. The van der Waals surface area contributed by atoms with Crippen molar-refractivity contribution in [2.24, 2.45) is 7.05 Å². The Labute approximate surface area is 118 Å². The minimum Gasteiger partial charge on any atom is -0.399 e. The van der Waals surface area contributed by atoms with Crippen molar-refractivity contribution in [1.29, 1.82) is 0 Å². The topological polar surface area (TPSA) is 94.2 Å². The zero-order valence-corrected chi connectivity index (χ0v) is 11.6. The molecule has 0 bridgehead atoms. The van der Waals surface area contributed by atoms with Gasteiger partial charge in [-0.05, 0) is 18.2 Å². The van der Waals surface area contributed by atoms with Crippen LogP contribution in [-0.2, 0) is 17.1 Å². The Morgan fingerprint density at radius 2 is 1.90 bits per heavy atom. The van der Waals surface area contributed by atoms with Gasteiger partial charge in [0.25, 0.3) is 10.0 Å². The van der Waals surface area contributed by atoms with Crippen LogP contribution in [0.2, 0.25) is 0 Å². The molecule has 1 aromatic heterocycles. The number of anilines is 2. The summed E-state index contributed by atoms with van der Waals surface area (Å²) in [6.07, 6.45) is 1.21. The lowest BCUT2D eigenvalue weighted by atomic mass is 10.3. The zero-order valence-electron chi connectivity index (χ0n) is 10.8. The van der Waals surface area contributed by atoms with E-state index >= 15 is 0 Å². The Balaban J connectivity index is 2.48. The van der Waals surface area contributed by atoms with Crippen LogP contribution in [0, 0.1) is 11.6 Å². The number of nitrogens with zero attached hydrogens (tertiary/aromatic N) is 1. The maximum absolute atomic E-state index is 13.6. The van der Waals surface area contributed by atoms with E-state index in [2.05, 4.69) is 0 Å². The van der Waals surface area contributed by atoms with Gasteiger partial charge in [0.05, 0.1) is 5.69 Å². The second-order valence-electron chi connectivity index (χ2n) is 4.29. The van der Waals surface area contributed by atoms with Gasteiger partial charge in [-0.3, -0.25) is 9.52 Å². The summed E-state index contributed by atoms with van der Waals surface area (Å²) in [7, 11) is -2.96. The molecule has 9 heteroatoms. The highest BCUT2D eigenvalue weighted by atomic mass is 32.2. The molecule has 1 aromatic carbocycles. The number of benzene rings is 1. The monoisotopic (exact) mass is 315 g/mol. The molecule has 0 radical (unpaired) electrons. The van der Waals surface area contributed by atoms with Crippen molar-refractivity contribution >= 4 is 21.4 Å². The quantitative estimate of drug-likeness (QED) is 0.828. The predicted octanol–water partition coefficient (Wildman–Crippen LogP) is 1.05. The van der Waals surface area contributed by atoms with E-state index in [0.717, 1.165) is 16.7 Å². The Morgan fingerprint density at radius 3 is 2.52 bits per heavy atom. The van der Waals surface area contributed by atoms with Gasteiger partial charge in [0.15, 0.2) is 11.6 Å². The molecule has 2 aromatic rings. The van der Waals surface area contributed by atoms with Gasteiger partial charge < -0.3 is 10.3 Å². The normalized spacial score (nSPS) is 11.4. The van der Waals surface area contributed by atoms with Gasteiger partial charge in [-0.25, -0.2) is 17.2 Å². The Kier molecular flexibility index (Phi) is 3.69. The van der Waals surface area contributed by atoms with Gasteiger partial charge in [0.1, 0.15) is 4.90 Å². The molecule has 112 valence electrons. The molecule has 0 amide bonds. The van der Waals surface area contributed by atoms with Crippen LogP contribution in [0.1, 0.15) is 0 Å². The average Bonchev–Trinajstić information content (AvgIpc) is 2.37. The van der Waals surface area contributed by atoms with Gasteiger partial charge in [0.2, 0.25) is 5.56 Å². The summed E-state index contributed by atoms with van der Waals surface area (Å²) in [5.74, 6) is -2.89. The fraction of sp³-hybridized carbons (Fsp3) is 0.0833. The van der Waals surface area contributed by atoms with Crippen LogP contribution in [0.25, 0.3) is 0 Å². The number of halogens is 2. The van der Waals surface area contributed by atoms with E-state index in [1.807, 2.05) is 4.72 Å². The third kappa shape index (κ3) is 3.02. The molecule has 0 saturated carbocycles. The van der Waals surface area contributed by atoms with E-state index in [9.17, 15) is 22.0 Å². The third-order valence-corrected chi connectivity index (χ3v) is 4.03. The molecule has 21 heavy (non-hydrogen) atoms. The van der Waals surface area contributed by atoms with E-state index in [4.69, 9.17) is 5.73 Å². The van der Waals surface area contributed by atoms with Crippen molar-refractivity contribution in [2.45, 2.75) is 4.90 Å². The average molecular weight is 315 g/mol. The lowest BCUT2D eigenvalue weighted by molar-refractivity contribution is 0.486. The summed E-state index contributed by atoms with van der Waals surface area (Å²) in [5.41, 5.74) is 4.77. The summed E-state index contributed by atoms with van der Waals surface area (Å²) >= 11 is 0. The van der Waals surface area contributed by atoms with Crippen molar-refractivity contribution in [3.63, 3.8) is 0 Å². The largest absolute Gasteiger partial charge is 0.399 e. The van der Waals surface area contributed by atoms with Crippen LogP contribution in [0.3, 0.4) is 0 Å². The van der Waals surface area contributed by atoms with Crippen LogP contribution in [0.5, 0.6) is 0 Å². The van der Waals surface area contributed by atoms with Gasteiger partial charge in [-0.1, -0.05) is 0 Å². The number of hydrogen-bond donors (Lipinski definition) is 2. The minimum absolute atomic E-state index is 0.0272. The molecule has 0 atom stereocenters. The number of nitrogens with one attached hydrogen (secondary N) is 1. The highest BCUT2D eigenvalue weighted by Crippen LogP contribution is 2.23. The number of pyridine rings is 1. The first-order chi connectivity index (χ1) is 9.70. The van der Waals surface area contributed by atoms with E-state index in [1.54, 1.807) is 0 Å². The minimum atomic E-state index is -4.38. The van der Waals surface area contributed by atoms with Crippen molar-refractivity contribution in [1.82, 2.24) is 4.57 Å². The summed E-state index contributed by atoms with van der Waals surface area (Å²) < 4.78 is 54.2. The number of rotatable bonds is 3. The van der Waals surface area contributed by atoms with Crippen LogP contribution in [0.15, 0.2) is 40.2 Å². The van der Waals surface area contributed by atoms with Gasteiger partial charge in [0, 0.05) is 25.0 Å².